The van der Waals surface area contributed by atoms with Gasteiger partial charge in [-0.2, -0.15) is 0 Å². The number of halogens is 1. The molecular weight excluding hydrogens is 449 g/mol. The van der Waals surface area contributed by atoms with Crippen molar-refractivity contribution < 1.29 is 14.0 Å². The van der Waals surface area contributed by atoms with Crippen molar-refractivity contribution in [3.63, 3.8) is 0 Å². The topological polar surface area (TPSA) is 65.2 Å². The molecule has 2 heterocycles. The molecule has 5 nitrogen and oxygen atoms in total. The molecule has 2 amide bonds. The number of amides is 2. The van der Waals surface area contributed by atoms with E-state index in [0.29, 0.717) is 34.7 Å². The Kier molecular flexibility index (Phi) is 5.94. The molecule has 0 radical (unpaired) electrons. The van der Waals surface area contributed by atoms with E-state index in [0.717, 1.165) is 21.4 Å². The Labute approximate surface area is 200 Å². The normalized spacial score (nSPS) is 14.5. The second-order valence-electron chi connectivity index (χ2n) is 8.04. The number of aromatic nitrogens is 1. The molecule has 0 saturated carbocycles. The van der Waals surface area contributed by atoms with Crippen molar-refractivity contribution in [2.45, 2.75) is 11.3 Å². The summed E-state index contributed by atoms with van der Waals surface area (Å²) in [6.45, 7) is 0.497. The third kappa shape index (κ3) is 4.22. The lowest BCUT2D eigenvalue weighted by Crippen LogP contribution is -2.31. The monoisotopic (exact) mass is 471 g/mol. The van der Waals surface area contributed by atoms with E-state index in [1.807, 2.05) is 30.5 Å². The highest BCUT2D eigenvalue weighted by molar-refractivity contribution is 8.04. The maximum absolute atomic E-state index is 14.1. The van der Waals surface area contributed by atoms with Crippen LogP contribution in [0.2, 0.25) is 0 Å². The van der Waals surface area contributed by atoms with Gasteiger partial charge >= 0.3 is 0 Å². The number of rotatable bonds is 5. The van der Waals surface area contributed by atoms with E-state index in [2.05, 4.69) is 16.4 Å². The Bertz CT molecular complexity index is 1440. The van der Waals surface area contributed by atoms with Crippen molar-refractivity contribution in [2.75, 3.05) is 18.5 Å². The first-order valence-corrected chi connectivity index (χ1v) is 11.7. The first kappa shape index (κ1) is 22.0. The number of benzene rings is 3. The lowest BCUT2D eigenvalue weighted by Gasteiger charge is -2.27. The van der Waals surface area contributed by atoms with E-state index in [1.165, 1.54) is 22.7 Å². The number of para-hydroxylation sites is 1. The number of nitrogens with one attached hydrogen (secondary N) is 2. The van der Waals surface area contributed by atoms with Crippen LogP contribution in [0.3, 0.4) is 0 Å². The van der Waals surface area contributed by atoms with Gasteiger partial charge in [0.25, 0.3) is 11.8 Å². The minimum atomic E-state index is -0.378. The highest BCUT2D eigenvalue weighted by Gasteiger charge is 2.27. The molecule has 0 atom stereocenters. The molecular formula is C27H22FN3O2S. The second kappa shape index (κ2) is 9.19. The van der Waals surface area contributed by atoms with Crippen LogP contribution in [0.5, 0.6) is 0 Å². The number of hydrogen-bond donors (Lipinski definition) is 2. The smallest absolute Gasteiger partial charge is 0.264 e. The number of carbonyl (C=O) groups is 2. The first-order chi connectivity index (χ1) is 16.5. The van der Waals surface area contributed by atoms with Gasteiger partial charge in [0.1, 0.15) is 5.82 Å². The van der Waals surface area contributed by atoms with E-state index < -0.39 is 0 Å². The molecule has 7 heteroatoms. The van der Waals surface area contributed by atoms with Gasteiger partial charge in [0.15, 0.2) is 0 Å². The molecule has 1 aliphatic rings. The van der Waals surface area contributed by atoms with E-state index in [1.54, 1.807) is 43.5 Å². The summed E-state index contributed by atoms with van der Waals surface area (Å²) in [6.07, 6.45) is 4.24. The Morgan fingerprint density at radius 2 is 1.91 bits per heavy atom. The fourth-order valence-electron chi connectivity index (χ4n) is 4.02. The molecule has 5 rings (SSSR count). The molecule has 1 aromatic heterocycles. The zero-order chi connectivity index (χ0) is 23.7. The number of likely N-dealkylation sites (N-methyl/N-ethyl adjacent to an activating group) is 1. The second-order valence-corrected chi connectivity index (χ2v) is 9.13. The fraction of sp³-hybridized carbons (Fsp3) is 0.111. The van der Waals surface area contributed by atoms with Crippen molar-refractivity contribution in [3.8, 4) is 0 Å². The van der Waals surface area contributed by atoms with Crippen LogP contribution in [0, 0.1) is 5.82 Å². The molecule has 1 aliphatic heterocycles. The van der Waals surface area contributed by atoms with Gasteiger partial charge < -0.3 is 15.2 Å². The number of hydrogen-bond acceptors (Lipinski definition) is 3. The van der Waals surface area contributed by atoms with Crippen molar-refractivity contribution in [3.05, 3.63) is 100 Å². The summed E-state index contributed by atoms with van der Waals surface area (Å²) in [5.74, 6) is -0.810. The Hall–Kier alpha value is -3.84. The lowest BCUT2D eigenvalue weighted by molar-refractivity contribution is -0.114. The van der Waals surface area contributed by atoms with Crippen LogP contribution in [-0.4, -0.2) is 30.4 Å². The molecule has 170 valence electrons. The van der Waals surface area contributed by atoms with Gasteiger partial charge in [-0.15, -0.1) is 0 Å². The number of carbonyl (C=O) groups excluding carboxylic acids is 2. The Morgan fingerprint density at radius 3 is 2.76 bits per heavy atom. The molecule has 0 spiro atoms. The summed E-state index contributed by atoms with van der Waals surface area (Å²) in [5.41, 5.74) is 3.73. The quantitative estimate of drug-likeness (QED) is 0.384. The lowest BCUT2D eigenvalue weighted by atomic mass is 10.1. The maximum Gasteiger partial charge on any atom is 0.264 e. The van der Waals surface area contributed by atoms with Gasteiger partial charge in [-0.1, -0.05) is 48.2 Å². The fourth-order valence-corrected chi connectivity index (χ4v) is 5.10. The number of thioether (sulfide) groups is 1. The molecule has 4 aromatic rings. The van der Waals surface area contributed by atoms with Crippen LogP contribution in [0.15, 0.2) is 82.7 Å². The third-order valence-corrected chi connectivity index (χ3v) is 6.94. The summed E-state index contributed by atoms with van der Waals surface area (Å²) in [7, 11) is 1.66. The minimum absolute atomic E-state index is 0.193. The van der Waals surface area contributed by atoms with E-state index in [-0.39, 0.29) is 17.6 Å². The number of anilines is 1. The SMILES string of the molecule is CN1C(=O)C(=Cc2ccccc2F)Sc2ccc(C(=O)NCCc3c[nH]c4ccccc34)cc21. The third-order valence-electron chi connectivity index (χ3n) is 5.86. The molecule has 34 heavy (non-hydrogen) atoms. The van der Waals surface area contributed by atoms with Crippen LogP contribution >= 0.6 is 11.8 Å². The molecule has 2 N–H and O–H groups in total. The summed E-state index contributed by atoms with van der Waals surface area (Å²) >= 11 is 1.28. The molecule has 0 bridgehead atoms. The van der Waals surface area contributed by atoms with Crippen molar-refractivity contribution in [2.24, 2.45) is 0 Å². The van der Waals surface area contributed by atoms with Gasteiger partial charge in [0, 0.05) is 46.7 Å². The predicted octanol–water partition coefficient (Wildman–Crippen LogP) is 5.39. The van der Waals surface area contributed by atoms with Crippen LogP contribution in [0.4, 0.5) is 10.1 Å². The Balaban J connectivity index is 1.30. The van der Waals surface area contributed by atoms with Crippen molar-refractivity contribution in [1.29, 1.82) is 0 Å². The highest BCUT2D eigenvalue weighted by Crippen LogP contribution is 2.42. The zero-order valence-electron chi connectivity index (χ0n) is 18.5. The summed E-state index contributed by atoms with van der Waals surface area (Å²) in [6, 6.07) is 19.7. The van der Waals surface area contributed by atoms with Gasteiger partial charge in [0.2, 0.25) is 0 Å². The number of aromatic amines is 1. The zero-order valence-corrected chi connectivity index (χ0v) is 19.3. The molecule has 0 unspecified atom stereocenters. The van der Waals surface area contributed by atoms with E-state index in [9.17, 15) is 14.0 Å². The molecule has 0 saturated heterocycles. The van der Waals surface area contributed by atoms with E-state index >= 15 is 0 Å². The highest BCUT2D eigenvalue weighted by atomic mass is 32.2. The van der Waals surface area contributed by atoms with Crippen LogP contribution < -0.4 is 10.2 Å². The number of H-pyrrole nitrogens is 1. The largest absolute Gasteiger partial charge is 0.361 e. The number of nitrogens with zero attached hydrogens (tertiary/aromatic N) is 1. The van der Waals surface area contributed by atoms with Crippen LogP contribution in [-0.2, 0) is 11.2 Å². The number of fused-ring (bicyclic) bond motifs is 2. The molecule has 0 aliphatic carbocycles. The maximum atomic E-state index is 14.1. The minimum Gasteiger partial charge on any atom is -0.361 e. The van der Waals surface area contributed by atoms with Crippen molar-refractivity contribution in [1.82, 2.24) is 10.3 Å². The molecule has 0 fully saturated rings. The van der Waals surface area contributed by atoms with Crippen LogP contribution in [0.25, 0.3) is 17.0 Å². The molecule has 3 aromatic carbocycles. The average molecular weight is 472 g/mol. The average Bonchev–Trinajstić information content (AvgIpc) is 3.26. The van der Waals surface area contributed by atoms with Crippen LogP contribution in [0.1, 0.15) is 21.5 Å². The summed E-state index contributed by atoms with van der Waals surface area (Å²) in [5, 5.41) is 4.12. The summed E-state index contributed by atoms with van der Waals surface area (Å²) in [4.78, 5) is 31.7. The Morgan fingerprint density at radius 1 is 1.12 bits per heavy atom. The van der Waals surface area contributed by atoms with Crippen molar-refractivity contribution >= 4 is 46.2 Å². The van der Waals surface area contributed by atoms with E-state index in [4.69, 9.17) is 0 Å². The standard InChI is InChI=1S/C27H22FN3O2S/c1-31-23-14-18(26(32)29-13-12-19-16-30-22-9-5-3-7-20(19)22)10-11-24(23)34-25(27(31)33)15-17-6-2-4-8-21(17)28/h2-11,14-16,30H,12-13H2,1H3,(H,29,32). The summed E-state index contributed by atoms with van der Waals surface area (Å²) < 4.78 is 14.1. The first-order valence-electron chi connectivity index (χ1n) is 10.9. The van der Waals surface area contributed by atoms with Gasteiger partial charge in [-0.25, -0.2) is 4.39 Å². The van der Waals surface area contributed by atoms with Gasteiger partial charge in [-0.3, -0.25) is 9.59 Å². The van der Waals surface area contributed by atoms with Gasteiger partial charge in [0.05, 0.1) is 10.6 Å². The predicted molar refractivity (Wildman–Crippen MR) is 134 cm³/mol. The van der Waals surface area contributed by atoms with Gasteiger partial charge in [-0.05, 0) is 48.4 Å².